The Morgan fingerprint density at radius 2 is 1.96 bits per heavy atom. The fourth-order valence-corrected chi connectivity index (χ4v) is 4.67. The van der Waals surface area contributed by atoms with Crippen molar-refractivity contribution in [2.45, 2.75) is 57.3 Å². The quantitative estimate of drug-likeness (QED) is 0.875. The summed E-state index contributed by atoms with van der Waals surface area (Å²) in [7, 11) is 0. The molecule has 0 aliphatic heterocycles. The fraction of sp³-hybridized carbons (Fsp3) is 0.526. The highest BCUT2D eigenvalue weighted by Crippen LogP contribution is 2.35. The molecule has 0 bridgehead atoms. The molecule has 2 aliphatic rings. The molecule has 1 N–H and O–H groups in total. The minimum Gasteiger partial charge on any atom is -0.484 e. The smallest absolute Gasteiger partial charge is 0.264 e. The van der Waals surface area contributed by atoms with Gasteiger partial charge in [-0.3, -0.25) is 10.1 Å². The predicted octanol–water partition coefficient (Wildman–Crippen LogP) is 4.09. The number of rotatable bonds is 5. The van der Waals surface area contributed by atoms with Crippen LogP contribution in [0.15, 0.2) is 18.2 Å². The van der Waals surface area contributed by atoms with E-state index in [9.17, 15) is 4.79 Å². The summed E-state index contributed by atoms with van der Waals surface area (Å²) in [6.45, 7) is -0.00285. The molecule has 1 fully saturated rings. The molecule has 132 valence electrons. The van der Waals surface area contributed by atoms with Crippen LogP contribution in [0.4, 0.5) is 5.13 Å². The molecular weight excluding hydrogens is 334 g/mol. The Labute approximate surface area is 151 Å². The Bertz CT molecular complexity index is 753. The molecule has 1 aromatic heterocycles. The number of amides is 1. The summed E-state index contributed by atoms with van der Waals surface area (Å²) in [5.74, 6) is 1.09. The average molecular weight is 357 g/mol. The molecule has 0 unspecified atom stereocenters. The maximum Gasteiger partial charge on any atom is 0.264 e. The summed E-state index contributed by atoms with van der Waals surface area (Å²) in [6.07, 6.45) is 9.68. The van der Waals surface area contributed by atoms with E-state index in [0.29, 0.717) is 11.0 Å². The van der Waals surface area contributed by atoms with Gasteiger partial charge in [-0.25, -0.2) is 0 Å². The number of carbonyl (C=O) groups is 1. The third kappa shape index (κ3) is 4.00. The average Bonchev–Trinajstić information content (AvgIpc) is 3.29. The predicted molar refractivity (Wildman–Crippen MR) is 98.3 cm³/mol. The normalized spacial score (nSPS) is 17.3. The fourth-order valence-electron chi connectivity index (χ4n) is 3.74. The van der Waals surface area contributed by atoms with E-state index >= 15 is 0 Å². The van der Waals surface area contributed by atoms with Gasteiger partial charge in [-0.2, -0.15) is 0 Å². The van der Waals surface area contributed by atoms with Crippen LogP contribution in [0.2, 0.25) is 0 Å². The second-order valence-electron chi connectivity index (χ2n) is 6.90. The molecule has 0 spiro atoms. The number of anilines is 1. The number of nitrogens with zero attached hydrogens (tertiary/aromatic N) is 2. The summed E-state index contributed by atoms with van der Waals surface area (Å²) >= 11 is 1.50. The van der Waals surface area contributed by atoms with E-state index < -0.39 is 0 Å². The summed E-state index contributed by atoms with van der Waals surface area (Å²) in [6, 6.07) is 6.11. The molecule has 2 aromatic rings. The number of carbonyl (C=O) groups excluding carboxylic acids is 1. The maximum atomic E-state index is 12.1. The summed E-state index contributed by atoms with van der Waals surface area (Å²) in [4.78, 5) is 12.1. The van der Waals surface area contributed by atoms with Gasteiger partial charge in [0, 0.05) is 5.92 Å². The van der Waals surface area contributed by atoms with Crippen LogP contribution in [0.25, 0.3) is 0 Å². The second kappa shape index (κ2) is 7.52. The van der Waals surface area contributed by atoms with E-state index in [1.165, 1.54) is 61.0 Å². The number of hydrogen-bond acceptors (Lipinski definition) is 5. The molecule has 1 heterocycles. The lowest BCUT2D eigenvalue weighted by molar-refractivity contribution is -0.118. The lowest BCUT2D eigenvalue weighted by Gasteiger charge is -2.18. The van der Waals surface area contributed by atoms with Crippen LogP contribution in [0, 0.1) is 0 Å². The van der Waals surface area contributed by atoms with Gasteiger partial charge in [0.15, 0.2) is 6.61 Å². The molecule has 25 heavy (non-hydrogen) atoms. The molecule has 5 nitrogen and oxygen atoms in total. The van der Waals surface area contributed by atoms with Gasteiger partial charge in [-0.05, 0) is 55.4 Å². The van der Waals surface area contributed by atoms with E-state index in [-0.39, 0.29) is 12.5 Å². The van der Waals surface area contributed by atoms with Gasteiger partial charge in [0.1, 0.15) is 10.8 Å². The highest BCUT2D eigenvalue weighted by molar-refractivity contribution is 7.15. The van der Waals surface area contributed by atoms with Crippen LogP contribution >= 0.6 is 11.3 Å². The Morgan fingerprint density at radius 3 is 2.84 bits per heavy atom. The number of aryl methyl sites for hydroxylation is 2. The summed E-state index contributed by atoms with van der Waals surface area (Å²) in [5.41, 5.74) is 2.75. The van der Waals surface area contributed by atoms with Crippen molar-refractivity contribution in [1.82, 2.24) is 10.2 Å². The van der Waals surface area contributed by atoms with Crippen molar-refractivity contribution in [3.8, 4) is 5.75 Å². The first kappa shape index (κ1) is 16.5. The van der Waals surface area contributed by atoms with E-state index in [1.54, 1.807) is 0 Å². The first-order valence-electron chi connectivity index (χ1n) is 9.16. The third-order valence-corrected chi connectivity index (χ3v) is 6.08. The number of benzene rings is 1. The molecule has 2 aliphatic carbocycles. The standard InChI is InChI=1S/C19H23N3O2S/c23-17(12-24-16-10-9-13-7-4-8-15(13)11-16)20-19-22-21-18(25-19)14-5-2-1-3-6-14/h9-11,14H,1-8,12H2,(H,20,22,23). The maximum absolute atomic E-state index is 12.1. The Morgan fingerprint density at radius 1 is 1.12 bits per heavy atom. The highest BCUT2D eigenvalue weighted by Gasteiger charge is 2.20. The Balaban J connectivity index is 1.29. The number of nitrogens with one attached hydrogen (secondary N) is 1. The minimum atomic E-state index is -0.188. The van der Waals surface area contributed by atoms with Gasteiger partial charge in [0.05, 0.1) is 0 Å². The van der Waals surface area contributed by atoms with E-state index in [0.717, 1.165) is 23.6 Å². The zero-order valence-corrected chi connectivity index (χ0v) is 15.1. The van der Waals surface area contributed by atoms with Crippen molar-refractivity contribution >= 4 is 22.4 Å². The Hall–Kier alpha value is -1.95. The first-order valence-corrected chi connectivity index (χ1v) is 9.97. The molecule has 0 saturated heterocycles. The van der Waals surface area contributed by atoms with Gasteiger partial charge in [0.2, 0.25) is 5.13 Å². The van der Waals surface area contributed by atoms with Gasteiger partial charge >= 0.3 is 0 Å². The Kier molecular flexibility index (Phi) is 4.97. The van der Waals surface area contributed by atoms with Crippen molar-refractivity contribution in [2.75, 3.05) is 11.9 Å². The molecule has 0 radical (unpaired) electrons. The lowest BCUT2D eigenvalue weighted by atomic mass is 9.90. The van der Waals surface area contributed by atoms with E-state index in [4.69, 9.17) is 4.74 Å². The zero-order valence-electron chi connectivity index (χ0n) is 14.3. The minimum absolute atomic E-state index is 0.00285. The van der Waals surface area contributed by atoms with Crippen molar-refractivity contribution in [1.29, 1.82) is 0 Å². The summed E-state index contributed by atoms with van der Waals surface area (Å²) < 4.78 is 5.63. The number of fused-ring (bicyclic) bond motifs is 1. The van der Waals surface area contributed by atoms with Crippen molar-refractivity contribution in [3.05, 3.63) is 34.3 Å². The van der Waals surface area contributed by atoms with Crippen molar-refractivity contribution in [2.24, 2.45) is 0 Å². The van der Waals surface area contributed by atoms with Gasteiger partial charge < -0.3 is 4.74 Å². The van der Waals surface area contributed by atoms with Crippen molar-refractivity contribution in [3.63, 3.8) is 0 Å². The molecule has 4 rings (SSSR count). The van der Waals surface area contributed by atoms with Crippen molar-refractivity contribution < 1.29 is 9.53 Å². The molecule has 1 saturated carbocycles. The van der Waals surface area contributed by atoms with Crippen LogP contribution in [-0.4, -0.2) is 22.7 Å². The highest BCUT2D eigenvalue weighted by atomic mass is 32.1. The van der Waals surface area contributed by atoms with Crippen LogP contribution in [0.3, 0.4) is 0 Å². The third-order valence-electron chi connectivity index (χ3n) is 5.08. The molecule has 1 amide bonds. The number of aromatic nitrogens is 2. The second-order valence-corrected chi connectivity index (χ2v) is 7.91. The first-order chi connectivity index (χ1) is 12.3. The lowest BCUT2D eigenvalue weighted by Crippen LogP contribution is -2.20. The molecular formula is C19H23N3O2S. The van der Waals surface area contributed by atoms with Crippen LogP contribution in [0.5, 0.6) is 5.75 Å². The van der Waals surface area contributed by atoms with Gasteiger partial charge in [-0.15, -0.1) is 10.2 Å². The SMILES string of the molecule is O=C(COc1ccc2c(c1)CCC2)Nc1nnc(C2CCCCC2)s1. The number of ether oxygens (including phenoxy) is 1. The van der Waals surface area contributed by atoms with Crippen LogP contribution < -0.4 is 10.1 Å². The zero-order chi connectivity index (χ0) is 17.1. The van der Waals surface area contributed by atoms with Gasteiger partial charge in [0.25, 0.3) is 5.91 Å². The molecule has 0 atom stereocenters. The van der Waals surface area contributed by atoms with E-state index in [2.05, 4.69) is 27.6 Å². The van der Waals surface area contributed by atoms with Crippen LogP contribution in [0.1, 0.15) is 60.6 Å². The summed E-state index contributed by atoms with van der Waals surface area (Å²) in [5, 5.41) is 12.8. The monoisotopic (exact) mass is 357 g/mol. The van der Waals surface area contributed by atoms with Gasteiger partial charge in [-0.1, -0.05) is 36.7 Å². The van der Waals surface area contributed by atoms with E-state index in [1.807, 2.05) is 6.07 Å². The molecule has 1 aromatic carbocycles. The topological polar surface area (TPSA) is 64.1 Å². The van der Waals surface area contributed by atoms with Crippen LogP contribution in [-0.2, 0) is 17.6 Å². The largest absolute Gasteiger partial charge is 0.484 e. The molecule has 6 heteroatoms. The number of hydrogen-bond donors (Lipinski definition) is 1.